The molecule has 20 heavy (non-hydrogen) atoms. The fourth-order valence-electron chi connectivity index (χ4n) is 1.58. The molecule has 0 aliphatic rings. The van der Waals surface area contributed by atoms with Crippen molar-refractivity contribution in [2.75, 3.05) is 17.6 Å². The number of nitrogens with zero attached hydrogens (tertiary/aromatic N) is 3. The summed E-state index contributed by atoms with van der Waals surface area (Å²) >= 11 is 0. The van der Waals surface area contributed by atoms with Gasteiger partial charge in [-0.3, -0.25) is 4.98 Å². The van der Waals surface area contributed by atoms with Gasteiger partial charge in [-0.15, -0.1) is 0 Å². The highest BCUT2D eigenvalue weighted by molar-refractivity contribution is 5.41. The van der Waals surface area contributed by atoms with Gasteiger partial charge in [0.1, 0.15) is 5.82 Å². The minimum Gasteiger partial charge on any atom is -0.370 e. The van der Waals surface area contributed by atoms with Crippen molar-refractivity contribution in [1.29, 1.82) is 0 Å². The van der Waals surface area contributed by atoms with E-state index >= 15 is 0 Å². The molecule has 106 valence electrons. The summed E-state index contributed by atoms with van der Waals surface area (Å²) in [6.45, 7) is 0.416. The molecule has 0 amide bonds. The second kappa shape index (κ2) is 5.72. The highest BCUT2D eigenvalue weighted by Crippen LogP contribution is 2.29. The third-order valence-corrected chi connectivity index (χ3v) is 2.48. The highest BCUT2D eigenvalue weighted by atomic mass is 19.4. The quantitative estimate of drug-likeness (QED) is 0.898. The lowest BCUT2D eigenvalue weighted by atomic mass is 10.2. The number of halogens is 3. The smallest absolute Gasteiger partial charge is 0.370 e. The minimum atomic E-state index is -4.54. The van der Waals surface area contributed by atoms with Crippen LogP contribution >= 0.6 is 0 Å². The van der Waals surface area contributed by atoms with Gasteiger partial charge in [-0.25, -0.2) is 4.98 Å². The SMILES string of the molecule is Nc1nc(NCCc2cccnc2)cc(C(F)(F)F)n1. The fourth-order valence-corrected chi connectivity index (χ4v) is 1.58. The Hall–Kier alpha value is -2.38. The molecule has 0 saturated carbocycles. The van der Waals surface area contributed by atoms with Gasteiger partial charge in [0, 0.05) is 25.0 Å². The summed E-state index contributed by atoms with van der Waals surface area (Å²) in [5.74, 6) is -0.364. The molecule has 3 N–H and O–H groups in total. The van der Waals surface area contributed by atoms with E-state index in [2.05, 4.69) is 20.3 Å². The summed E-state index contributed by atoms with van der Waals surface area (Å²) in [4.78, 5) is 10.8. The zero-order valence-corrected chi connectivity index (χ0v) is 10.4. The van der Waals surface area contributed by atoms with E-state index in [4.69, 9.17) is 5.73 Å². The Kier molecular flexibility index (Phi) is 4.02. The first kappa shape index (κ1) is 14.0. The van der Waals surface area contributed by atoms with E-state index < -0.39 is 17.8 Å². The largest absolute Gasteiger partial charge is 0.433 e. The number of nitrogens with two attached hydrogens (primary N) is 1. The number of nitrogen functional groups attached to an aromatic ring is 1. The normalized spacial score (nSPS) is 11.3. The predicted molar refractivity (Wildman–Crippen MR) is 67.9 cm³/mol. The Balaban J connectivity index is 2.01. The van der Waals surface area contributed by atoms with Gasteiger partial charge in [0.05, 0.1) is 0 Å². The van der Waals surface area contributed by atoms with Crippen LogP contribution in [0.2, 0.25) is 0 Å². The van der Waals surface area contributed by atoms with Crippen LogP contribution in [0.3, 0.4) is 0 Å². The van der Waals surface area contributed by atoms with Gasteiger partial charge in [0.2, 0.25) is 5.95 Å². The standard InChI is InChI=1S/C12H12F3N5/c13-12(14,15)9-6-10(20-11(16)19-9)18-5-3-8-2-1-4-17-7-8/h1-2,4,6-7H,3,5H2,(H3,16,18,19,20). The van der Waals surface area contributed by atoms with Gasteiger partial charge in [0.25, 0.3) is 0 Å². The number of rotatable bonds is 4. The van der Waals surface area contributed by atoms with Crippen LogP contribution in [-0.4, -0.2) is 21.5 Å². The van der Waals surface area contributed by atoms with Crippen molar-refractivity contribution < 1.29 is 13.2 Å². The summed E-state index contributed by atoms with van der Waals surface area (Å²) < 4.78 is 37.7. The van der Waals surface area contributed by atoms with E-state index in [1.54, 1.807) is 18.5 Å². The van der Waals surface area contributed by atoms with Gasteiger partial charge in [0.15, 0.2) is 5.69 Å². The first-order valence-corrected chi connectivity index (χ1v) is 5.79. The number of alkyl halides is 3. The van der Waals surface area contributed by atoms with Crippen molar-refractivity contribution in [1.82, 2.24) is 15.0 Å². The van der Waals surface area contributed by atoms with E-state index in [9.17, 15) is 13.2 Å². The number of aromatic nitrogens is 3. The Morgan fingerprint density at radius 2 is 2.05 bits per heavy atom. The molecule has 8 heteroatoms. The van der Waals surface area contributed by atoms with Gasteiger partial charge in [-0.2, -0.15) is 18.2 Å². The van der Waals surface area contributed by atoms with Crippen molar-refractivity contribution in [3.63, 3.8) is 0 Å². The summed E-state index contributed by atoms with van der Waals surface area (Å²) in [6, 6.07) is 4.50. The van der Waals surface area contributed by atoms with Crippen LogP contribution in [0.1, 0.15) is 11.3 Å². The summed E-state index contributed by atoms with van der Waals surface area (Å²) in [5, 5.41) is 2.79. The minimum absolute atomic E-state index is 0.0497. The lowest BCUT2D eigenvalue weighted by Crippen LogP contribution is -2.14. The second-order valence-electron chi connectivity index (χ2n) is 4.03. The Morgan fingerprint density at radius 3 is 2.70 bits per heavy atom. The lowest BCUT2D eigenvalue weighted by molar-refractivity contribution is -0.141. The van der Waals surface area contributed by atoms with Crippen molar-refractivity contribution in [2.45, 2.75) is 12.6 Å². The second-order valence-corrected chi connectivity index (χ2v) is 4.03. The molecular formula is C12H12F3N5. The lowest BCUT2D eigenvalue weighted by Gasteiger charge is -2.10. The van der Waals surface area contributed by atoms with Crippen LogP contribution in [0.15, 0.2) is 30.6 Å². The van der Waals surface area contributed by atoms with Gasteiger partial charge < -0.3 is 11.1 Å². The van der Waals surface area contributed by atoms with Crippen LogP contribution in [-0.2, 0) is 12.6 Å². The molecule has 5 nitrogen and oxygen atoms in total. The monoisotopic (exact) mass is 283 g/mol. The summed E-state index contributed by atoms with van der Waals surface area (Å²) in [7, 11) is 0. The molecule has 0 radical (unpaired) electrons. The van der Waals surface area contributed by atoms with Crippen LogP contribution in [0.5, 0.6) is 0 Å². The molecule has 0 saturated heterocycles. The van der Waals surface area contributed by atoms with E-state index in [1.165, 1.54) is 0 Å². The summed E-state index contributed by atoms with van der Waals surface area (Å²) in [6.07, 6.45) is -0.593. The Morgan fingerprint density at radius 1 is 1.25 bits per heavy atom. The summed E-state index contributed by atoms with van der Waals surface area (Å²) in [5.41, 5.74) is 5.18. The number of hydrogen-bond acceptors (Lipinski definition) is 5. The maximum absolute atomic E-state index is 12.6. The molecular weight excluding hydrogens is 271 g/mol. The number of hydrogen-bond donors (Lipinski definition) is 2. The van der Waals surface area contributed by atoms with Crippen molar-refractivity contribution in [2.24, 2.45) is 0 Å². The Bertz CT molecular complexity index is 571. The molecule has 0 atom stereocenters. The van der Waals surface area contributed by atoms with Gasteiger partial charge >= 0.3 is 6.18 Å². The van der Waals surface area contributed by atoms with E-state index in [0.717, 1.165) is 11.6 Å². The van der Waals surface area contributed by atoms with Gasteiger partial charge in [-0.1, -0.05) is 6.07 Å². The molecule has 0 bridgehead atoms. The molecule has 2 heterocycles. The van der Waals surface area contributed by atoms with E-state index in [-0.39, 0.29) is 5.82 Å². The van der Waals surface area contributed by atoms with Crippen molar-refractivity contribution in [3.05, 3.63) is 41.9 Å². The highest BCUT2D eigenvalue weighted by Gasteiger charge is 2.33. The van der Waals surface area contributed by atoms with Crippen LogP contribution in [0.25, 0.3) is 0 Å². The topological polar surface area (TPSA) is 76.7 Å². The maximum atomic E-state index is 12.6. The van der Waals surface area contributed by atoms with Gasteiger partial charge in [-0.05, 0) is 18.1 Å². The third kappa shape index (κ3) is 3.81. The molecule has 2 aromatic rings. The van der Waals surface area contributed by atoms with Crippen LogP contribution in [0, 0.1) is 0 Å². The zero-order chi connectivity index (χ0) is 14.6. The van der Waals surface area contributed by atoms with E-state index in [0.29, 0.717) is 13.0 Å². The van der Waals surface area contributed by atoms with Crippen LogP contribution in [0.4, 0.5) is 24.9 Å². The molecule has 0 spiro atoms. The average molecular weight is 283 g/mol. The molecule has 0 aromatic carbocycles. The number of anilines is 2. The predicted octanol–water partition coefficient (Wildman–Crippen LogP) is 2.13. The molecule has 2 rings (SSSR count). The molecule has 0 unspecified atom stereocenters. The van der Waals surface area contributed by atoms with Crippen molar-refractivity contribution >= 4 is 11.8 Å². The van der Waals surface area contributed by atoms with Crippen molar-refractivity contribution in [3.8, 4) is 0 Å². The third-order valence-electron chi connectivity index (χ3n) is 2.48. The average Bonchev–Trinajstić information content (AvgIpc) is 2.38. The molecule has 2 aromatic heterocycles. The molecule has 0 fully saturated rings. The zero-order valence-electron chi connectivity index (χ0n) is 10.4. The molecule has 0 aliphatic heterocycles. The number of pyridine rings is 1. The number of nitrogens with one attached hydrogen (secondary N) is 1. The van der Waals surface area contributed by atoms with Crippen LogP contribution < -0.4 is 11.1 Å². The first-order valence-electron chi connectivity index (χ1n) is 5.79. The maximum Gasteiger partial charge on any atom is 0.433 e. The molecule has 0 aliphatic carbocycles. The Labute approximate surface area is 113 Å². The van der Waals surface area contributed by atoms with E-state index in [1.807, 2.05) is 6.07 Å². The first-order chi connectivity index (χ1) is 9.45. The fraction of sp³-hybridized carbons (Fsp3) is 0.250.